The molecule has 106 valence electrons. The van der Waals surface area contributed by atoms with Crippen LogP contribution in [0.5, 0.6) is 0 Å². The third-order valence-electron chi connectivity index (χ3n) is 2.36. The van der Waals surface area contributed by atoms with E-state index in [2.05, 4.69) is 26.2 Å². The van der Waals surface area contributed by atoms with Gasteiger partial charge < -0.3 is 0 Å². The minimum Gasteiger partial charge on any atom is -0.278 e. The first kappa shape index (κ1) is 16.1. The van der Waals surface area contributed by atoms with Crippen LogP contribution in [0.25, 0.3) is 0 Å². The molecule has 19 heavy (non-hydrogen) atoms. The second-order valence-corrected chi connectivity index (χ2v) is 7.20. The number of nitrogens with one attached hydrogen (secondary N) is 2. The quantitative estimate of drug-likeness (QED) is 0.800. The van der Waals surface area contributed by atoms with Gasteiger partial charge in [-0.05, 0) is 36.6 Å². The first-order chi connectivity index (χ1) is 8.72. The highest BCUT2D eigenvalue weighted by Crippen LogP contribution is 2.19. The lowest BCUT2D eigenvalue weighted by Gasteiger charge is -2.10. The van der Waals surface area contributed by atoms with Crippen LogP contribution in [0.1, 0.15) is 25.8 Å². The molecule has 0 saturated heterocycles. The van der Waals surface area contributed by atoms with E-state index < -0.39 is 10.0 Å². The lowest BCUT2D eigenvalue weighted by Crippen LogP contribution is -2.41. The molecule has 0 bridgehead atoms. The Morgan fingerprint density at radius 1 is 1.37 bits per heavy atom. The van der Waals surface area contributed by atoms with Gasteiger partial charge in [0.1, 0.15) is 0 Å². The van der Waals surface area contributed by atoms with Crippen molar-refractivity contribution in [2.75, 3.05) is 0 Å². The molecule has 0 atom stereocenters. The van der Waals surface area contributed by atoms with E-state index in [1.165, 1.54) is 12.1 Å². The van der Waals surface area contributed by atoms with E-state index in [0.29, 0.717) is 0 Å². The molecule has 0 heterocycles. The molecule has 0 radical (unpaired) electrons. The first-order valence-electron chi connectivity index (χ1n) is 5.79. The van der Waals surface area contributed by atoms with Crippen molar-refractivity contribution in [3.63, 3.8) is 0 Å². The van der Waals surface area contributed by atoms with Crippen LogP contribution in [-0.2, 0) is 14.8 Å². The number of carbonyl (C=O) groups is 1. The van der Waals surface area contributed by atoms with Crippen LogP contribution in [0, 0.1) is 12.8 Å². The molecular formula is C12H17BrN2O3S. The molecule has 2 N–H and O–H groups in total. The van der Waals surface area contributed by atoms with Crippen LogP contribution in [0.15, 0.2) is 27.6 Å². The monoisotopic (exact) mass is 348 g/mol. The van der Waals surface area contributed by atoms with E-state index in [-0.39, 0.29) is 23.1 Å². The fraction of sp³-hybridized carbons (Fsp3) is 0.417. The molecule has 0 spiro atoms. The standard InChI is InChI=1S/C12H17BrN2O3S/c1-8(2)6-12(16)14-15-19(17,18)10-4-5-11(13)9(3)7-10/h4-5,7-8,15H,6H2,1-3H3,(H,14,16). The fourth-order valence-electron chi connectivity index (χ4n) is 1.39. The summed E-state index contributed by atoms with van der Waals surface area (Å²) in [4.78, 5) is 13.6. The van der Waals surface area contributed by atoms with Gasteiger partial charge in [-0.25, -0.2) is 8.42 Å². The van der Waals surface area contributed by atoms with Crippen molar-refractivity contribution in [1.82, 2.24) is 10.3 Å². The highest BCUT2D eigenvalue weighted by Gasteiger charge is 2.16. The number of sulfonamides is 1. The molecule has 0 aromatic heterocycles. The number of carbonyl (C=O) groups excluding carboxylic acids is 1. The SMILES string of the molecule is Cc1cc(S(=O)(=O)NNC(=O)CC(C)C)ccc1Br. The van der Waals surface area contributed by atoms with Gasteiger partial charge in [-0.3, -0.25) is 10.2 Å². The minimum atomic E-state index is -3.73. The summed E-state index contributed by atoms with van der Waals surface area (Å²) in [6.07, 6.45) is 0.266. The number of hydrazine groups is 1. The Labute approximate surface area is 121 Å². The van der Waals surface area contributed by atoms with Crippen LogP contribution in [0.4, 0.5) is 0 Å². The average Bonchev–Trinajstić information content (AvgIpc) is 2.29. The zero-order valence-electron chi connectivity index (χ0n) is 11.0. The Morgan fingerprint density at radius 3 is 2.53 bits per heavy atom. The highest BCUT2D eigenvalue weighted by atomic mass is 79.9. The van der Waals surface area contributed by atoms with E-state index in [9.17, 15) is 13.2 Å². The molecule has 7 heteroatoms. The van der Waals surface area contributed by atoms with E-state index in [0.717, 1.165) is 10.0 Å². The second kappa shape index (κ2) is 6.49. The molecule has 0 aliphatic carbocycles. The smallest absolute Gasteiger partial charge is 0.257 e. The van der Waals surface area contributed by atoms with E-state index in [4.69, 9.17) is 0 Å². The van der Waals surface area contributed by atoms with E-state index >= 15 is 0 Å². The van der Waals surface area contributed by atoms with Crippen LogP contribution >= 0.6 is 15.9 Å². The summed E-state index contributed by atoms with van der Waals surface area (Å²) in [6, 6.07) is 4.65. The van der Waals surface area contributed by atoms with E-state index in [1.807, 2.05) is 13.8 Å². The fourth-order valence-corrected chi connectivity index (χ4v) is 2.58. The maximum atomic E-state index is 11.9. The summed E-state index contributed by atoms with van der Waals surface area (Å²) in [5, 5.41) is 0. The number of hydrogen-bond acceptors (Lipinski definition) is 3. The Balaban J connectivity index is 2.76. The molecule has 1 aromatic rings. The van der Waals surface area contributed by atoms with Crippen molar-refractivity contribution in [3.05, 3.63) is 28.2 Å². The molecule has 1 aromatic carbocycles. The van der Waals surface area contributed by atoms with Crippen molar-refractivity contribution in [3.8, 4) is 0 Å². The maximum absolute atomic E-state index is 11.9. The topological polar surface area (TPSA) is 75.3 Å². The summed E-state index contributed by atoms with van der Waals surface area (Å²) >= 11 is 3.30. The number of benzene rings is 1. The molecule has 0 aliphatic rings. The van der Waals surface area contributed by atoms with Crippen LogP contribution < -0.4 is 10.3 Å². The lowest BCUT2D eigenvalue weighted by atomic mass is 10.1. The molecule has 0 aliphatic heterocycles. The van der Waals surface area contributed by atoms with Gasteiger partial charge in [0.15, 0.2) is 0 Å². The summed E-state index contributed by atoms with van der Waals surface area (Å²) in [5.41, 5.74) is 3.00. The van der Waals surface area contributed by atoms with Gasteiger partial charge in [-0.1, -0.05) is 29.8 Å². The predicted octanol–water partition coefficient (Wildman–Crippen LogP) is 2.11. The van der Waals surface area contributed by atoms with Gasteiger partial charge in [0, 0.05) is 10.9 Å². The third-order valence-corrected chi connectivity index (χ3v) is 4.49. The lowest BCUT2D eigenvalue weighted by molar-refractivity contribution is -0.122. The Morgan fingerprint density at radius 2 is 2.00 bits per heavy atom. The summed E-state index contributed by atoms with van der Waals surface area (Å²) in [6.45, 7) is 5.55. The number of rotatable bonds is 5. The molecular weight excluding hydrogens is 332 g/mol. The molecule has 0 fully saturated rings. The van der Waals surface area contributed by atoms with Gasteiger partial charge in [-0.2, -0.15) is 0 Å². The average molecular weight is 349 g/mol. The largest absolute Gasteiger partial charge is 0.278 e. The van der Waals surface area contributed by atoms with Crippen molar-refractivity contribution in [2.45, 2.75) is 32.1 Å². The van der Waals surface area contributed by atoms with Gasteiger partial charge in [0.25, 0.3) is 10.0 Å². The van der Waals surface area contributed by atoms with Gasteiger partial charge in [0.05, 0.1) is 4.90 Å². The zero-order chi connectivity index (χ0) is 14.6. The highest BCUT2D eigenvalue weighted by molar-refractivity contribution is 9.10. The van der Waals surface area contributed by atoms with Crippen molar-refractivity contribution < 1.29 is 13.2 Å². The summed E-state index contributed by atoms with van der Waals surface area (Å²) in [5.74, 6) is -0.188. The summed E-state index contributed by atoms with van der Waals surface area (Å²) < 4.78 is 24.7. The van der Waals surface area contributed by atoms with Crippen LogP contribution in [0.2, 0.25) is 0 Å². The molecule has 1 amide bonds. The second-order valence-electron chi connectivity index (χ2n) is 4.66. The number of halogens is 1. The Bertz CT molecular complexity index is 570. The maximum Gasteiger partial charge on any atom is 0.257 e. The number of hydrogen-bond donors (Lipinski definition) is 2. The van der Waals surface area contributed by atoms with E-state index in [1.54, 1.807) is 13.0 Å². The third kappa shape index (κ3) is 4.93. The van der Waals surface area contributed by atoms with Crippen LogP contribution in [0.3, 0.4) is 0 Å². The molecule has 1 rings (SSSR count). The van der Waals surface area contributed by atoms with Crippen molar-refractivity contribution in [2.24, 2.45) is 5.92 Å². The molecule has 0 unspecified atom stereocenters. The molecule has 5 nitrogen and oxygen atoms in total. The Kier molecular flexibility index (Phi) is 5.51. The summed E-state index contributed by atoms with van der Waals surface area (Å²) in [7, 11) is -3.73. The zero-order valence-corrected chi connectivity index (χ0v) is 13.4. The normalized spacial score (nSPS) is 11.6. The van der Waals surface area contributed by atoms with Gasteiger partial charge in [0.2, 0.25) is 5.91 Å². The van der Waals surface area contributed by atoms with Crippen molar-refractivity contribution >= 4 is 31.9 Å². The first-order valence-corrected chi connectivity index (χ1v) is 8.07. The van der Waals surface area contributed by atoms with Crippen molar-refractivity contribution in [1.29, 1.82) is 0 Å². The van der Waals surface area contributed by atoms with Gasteiger partial charge >= 0.3 is 0 Å². The minimum absolute atomic E-state index is 0.109. The Hall–Kier alpha value is -0.920. The number of amides is 1. The predicted molar refractivity (Wildman–Crippen MR) is 76.8 cm³/mol. The van der Waals surface area contributed by atoms with Crippen LogP contribution in [-0.4, -0.2) is 14.3 Å². The van der Waals surface area contributed by atoms with Gasteiger partial charge in [-0.15, -0.1) is 4.83 Å². The molecule has 0 saturated carbocycles. The number of aryl methyl sites for hydroxylation is 1.